The molecule has 3 aliphatic rings. The maximum absolute atomic E-state index is 10.9. The Morgan fingerprint density at radius 2 is 1.92 bits per heavy atom. The Morgan fingerprint density at radius 1 is 1.19 bits per heavy atom. The number of hydrogen-bond donors (Lipinski definition) is 1. The maximum Gasteiger partial charge on any atom is 0.163 e. The number of allylic oxidation sites excluding steroid dienone is 3. The molecular weight excluding hydrogens is 328 g/mol. The first-order valence-electron chi connectivity index (χ1n) is 10.2. The van der Waals surface area contributed by atoms with Crippen LogP contribution in [0.2, 0.25) is 0 Å². The number of rotatable bonds is 5. The van der Waals surface area contributed by atoms with E-state index in [1.165, 1.54) is 5.57 Å². The molecule has 1 fully saturated rings. The number of carbonyl (C=O) groups is 1. The van der Waals surface area contributed by atoms with Crippen molar-refractivity contribution in [2.45, 2.75) is 83.9 Å². The molecule has 0 amide bonds. The van der Waals surface area contributed by atoms with Crippen LogP contribution in [0.15, 0.2) is 23.8 Å². The van der Waals surface area contributed by atoms with Crippen LogP contribution < -0.4 is 0 Å². The summed E-state index contributed by atoms with van der Waals surface area (Å²) >= 11 is 0. The van der Waals surface area contributed by atoms with Crippen molar-refractivity contribution in [1.82, 2.24) is 0 Å². The largest absolute Gasteiger partial charge is 0.392 e. The van der Waals surface area contributed by atoms with Crippen LogP contribution in [-0.2, 0) is 14.3 Å². The maximum atomic E-state index is 10.9. The van der Waals surface area contributed by atoms with Gasteiger partial charge in [-0.1, -0.05) is 32.1 Å². The van der Waals surface area contributed by atoms with E-state index in [0.717, 1.165) is 32.0 Å². The van der Waals surface area contributed by atoms with Gasteiger partial charge in [0.05, 0.1) is 18.3 Å². The number of hydrogen-bond acceptors (Lipinski definition) is 4. The minimum absolute atomic E-state index is 0.0542. The molecule has 0 saturated carbocycles. The van der Waals surface area contributed by atoms with Gasteiger partial charge in [-0.05, 0) is 56.4 Å². The van der Waals surface area contributed by atoms with Crippen LogP contribution in [0.1, 0.15) is 59.8 Å². The Balaban J connectivity index is 1.67. The summed E-state index contributed by atoms with van der Waals surface area (Å²) in [5.74, 6) is 0.939. The lowest BCUT2D eigenvalue weighted by atomic mass is 9.65. The van der Waals surface area contributed by atoms with Crippen molar-refractivity contribution in [3.8, 4) is 0 Å². The highest BCUT2D eigenvalue weighted by Crippen LogP contribution is 2.44. The Bertz CT molecular complexity index is 564. The average Bonchev–Trinajstić information content (AvgIpc) is 2.53. The second-order valence-electron chi connectivity index (χ2n) is 8.95. The van der Waals surface area contributed by atoms with Gasteiger partial charge in [-0.25, -0.2) is 0 Å². The lowest BCUT2D eigenvalue weighted by Crippen LogP contribution is -2.45. The smallest absolute Gasteiger partial charge is 0.163 e. The highest BCUT2D eigenvalue weighted by molar-refractivity contribution is 5.50. The zero-order valence-corrected chi connectivity index (χ0v) is 16.6. The summed E-state index contributed by atoms with van der Waals surface area (Å²) in [5, 5.41) is 10.7. The van der Waals surface area contributed by atoms with Crippen LogP contribution in [0.25, 0.3) is 0 Å². The summed E-state index contributed by atoms with van der Waals surface area (Å²) in [6, 6.07) is 0. The van der Waals surface area contributed by atoms with Crippen molar-refractivity contribution >= 4 is 6.29 Å². The number of ether oxygens (including phenoxy) is 2. The molecule has 26 heavy (non-hydrogen) atoms. The molecule has 4 nitrogen and oxygen atoms in total. The van der Waals surface area contributed by atoms with Gasteiger partial charge in [0.1, 0.15) is 6.29 Å². The lowest BCUT2D eigenvalue weighted by molar-refractivity contribution is -0.300. The fourth-order valence-electron chi connectivity index (χ4n) is 5.16. The summed E-state index contributed by atoms with van der Waals surface area (Å²) in [4.78, 5) is 10.9. The summed E-state index contributed by atoms with van der Waals surface area (Å²) in [6.07, 6.45) is 11.6. The Kier molecular flexibility index (Phi) is 6.05. The zero-order valence-electron chi connectivity index (χ0n) is 16.6. The Labute approximate surface area is 157 Å². The summed E-state index contributed by atoms with van der Waals surface area (Å²) < 4.78 is 12.0. The topological polar surface area (TPSA) is 55.8 Å². The Hall–Kier alpha value is -0.970. The van der Waals surface area contributed by atoms with Crippen molar-refractivity contribution in [1.29, 1.82) is 0 Å². The van der Waals surface area contributed by atoms with Gasteiger partial charge in [0, 0.05) is 18.8 Å². The fraction of sp³-hybridized carbons (Fsp3) is 0.773. The number of aliphatic hydroxyl groups is 1. The third kappa shape index (κ3) is 4.47. The predicted molar refractivity (Wildman–Crippen MR) is 102 cm³/mol. The quantitative estimate of drug-likeness (QED) is 0.750. The van der Waals surface area contributed by atoms with Gasteiger partial charge in [0.25, 0.3) is 0 Å². The number of aldehydes is 1. The van der Waals surface area contributed by atoms with E-state index in [9.17, 15) is 9.90 Å². The Morgan fingerprint density at radius 3 is 2.65 bits per heavy atom. The normalized spacial score (nSPS) is 42.0. The van der Waals surface area contributed by atoms with E-state index in [-0.39, 0.29) is 24.2 Å². The molecule has 1 aliphatic heterocycles. The SMILES string of the molecule is C[C@H]1C=C2C=C[C@H](C)[C@H](CC[C@@H]3C[C@H](CC=O)OC(C)(C)O3)C2[C@@H](O)C1. The molecule has 146 valence electrons. The first kappa shape index (κ1) is 19.8. The van der Waals surface area contributed by atoms with Crippen molar-refractivity contribution in [2.24, 2.45) is 23.7 Å². The fourth-order valence-corrected chi connectivity index (χ4v) is 5.16. The second-order valence-corrected chi connectivity index (χ2v) is 8.95. The molecule has 1 N–H and O–H groups in total. The van der Waals surface area contributed by atoms with E-state index < -0.39 is 5.79 Å². The summed E-state index contributed by atoms with van der Waals surface area (Å²) in [6.45, 7) is 8.29. The molecule has 1 saturated heterocycles. The van der Waals surface area contributed by atoms with Crippen LogP contribution in [0.5, 0.6) is 0 Å². The predicted octanol–water partition coefficient (Wildman–Crippen LogP) is 4.03. The third-order valence-electron chi connectivity index (χ3n) is 6.23. The van der Waals surface area contributed by atoms with Crippen LogP contribution in [0, 0.1) is 23.7 Å². The molecule has 3 rings (SSSR count). The van der Waals surface area contributed by atoms with Gasteiger partial charge in [-0.3, -0.25) is 0 Å². The second kappa shape index (κ2) is 7.95. The van der Waals surface area contributed by atoms with Gasteiger partial charge in [0.15, 0.2) is 5.79 Å². The van der Waals surface area contributed by atoms with Crippen molar-refractivity contribution < 1.29 is 19.4 Å². The molecule has 0 bridgehead atoms. The highest BCUT2D eigenvalue weighted by atomic mass is 16.7. The van der Waals surface area contributed by atoms with Gasteiger partial charge < -0.3 is 19.4 Å². The van der Waals surface area contributed by atoms with Crippen LogP contribution in [0.3, 0.4) is 0 Å². The molecule has 1 heterocycles. The monoisotopic (exact) mass is 362 g/mol. The molecule has 0 aromatic rings. The third-order valence-corrected chi connectivity index (χ3v) is 6.23. The van der Waals surface area contributed by atoms with E-state index in [2.05, 4.69) is 32.1 Å². The molecule has 0 radical (unpaired) electrons. The van der Waals surface area contributed by atoms with Gasteiger partial charge in [-0.15, -0.1) is 0 Å². The molecule has 2 aliphatic carbocycles. The van der Waals surface area contributed by atoms with Crippen molar-refractivity contribution in [2.75, 3.05) is 0 Å². The highest BCUT2D eigenvalue weighted by Gasteiger charge is 2.40. The van der Waals surface area contributed by atoms with Crippen LogP contribution in [-0.4, -0.2) is 35.5 Å². The zero-order chi connectivity index (χ0) is 18.9. The molecule has 0 aromatic carbocycles. The molecule has 0 spiro atoms. The molecule has 4 heteroatoms. The van der Waals surface area contributed by atoms with Gasteiger partial charge >= 0.3 is 0 Å². The minimum atomic E-state index is -0.639. The van der Waals surface area contributed by atoms with Gasteiger partial charge in [-0.2, -0.15) is 0 Å². The van der Waals surface area contributed by atoms with Crippen molar-refractivity contribution in [3.05, 3.63) is 23.8 Å². The van der Waals surface area contributed by atoms with E-state index >= 15 is 0 Å². The summed E-state index contributed by atoms with van der Waals surface area (Å²) in [7, 11) is 0. The molecular formula is C22H34O4. The molecule has 1 unspecified atom stereocenters. The van der Waals surface area contributed by atoms with E-state index in [1.54, 1.807) is 0 Å². The average molecular weight is 363 g/mol. The summed E-state index contributed by atoms with van der Waals surface area (Å²) in [5.41, 5.74) is 1.31. The standard InChI is InChI=1S/C22H34O4/c1-14-11-16-6-5-15(2)19(21(16)20(24)12-14)8-7-17-13-18(9-10-23)26-22(3,4)25-17/h5-6,10-11,14-15,17-21,24H,7-9,12-13H2,1-4H3/t14-,15-,17+,18-,19-,20-,21?/m0/s1. The molecule has 0 aromatic heterocycles. The lowest BCUT2D eigenvalue weighted by Gasteiger charge is -2.43. The van der Waals surface area contributed by atoms with Crippen LogP contribution in [0.4, 0.5) is 0 Å². The van der Waals surface area contributed by atoms with E-state index in [4.69, 9.17) is 9.47 Å². The minimum Gasteiger partial charge on any atom is -0.392 e. The first-order chi connectivity index (χ1) is 12.3. The van der Waals surface area contributed by atoms with Gasteiger partial charge in [0.2, 0.25) is 0 Å². The van der Waals surface area contributed by atoms with E-state index in [0.29, 0.717) is 24.2 Å². The molecule has 7 atom stereocenters. The number of fused-ring (bicyclic) bond motifs is 1. The number of carbonyl (C=O) groups excluding carboxylic acids is 1. The number of aliphatic hydroxyl groups excluding tert-OH is 1. The first-order valence-corrected chi connectivity index (χ1v) is 10.2. The van der Waals surface area contributed by atoms with E-state index in [1.807, 2.05) is 13.8 Å². The van der Waals surface area contributed by atoms with Crippen molar-refractivity contribution in [3.63, 3.8) is 0 Å². The van der Waals surface area contributed by atoms with Crippen LogP contribution >= 0.6 is 0 Å².